The Kier molecular flexibility index (Phi) is 11.0. The Morgan fingerprint density at radius 1 is 0.932 bits per heavy atom. The lowest BCUT2D eigenvalue weighted by Crippen LogP contribution is -2.57. The van der Waals surface area contributed by atoms with E-state index in [9.17, 15) is 27.6 Å². The molecule has 2 aromatic carbocycles. The van der Waals surface area contributed by atoms with E-state index in [-0.39, 0.29) is 66.0 Å². The average Bonchev–Trinajstić information content (AvgIpc) is 3.46. The first kappa shape index (κ1) is 40.1. The highest BCUT2D eigenvalue weighted by atomic mass is 32.2. The molecule has 3 fully saturated rings. The molecule has 59 heavy (non-hydrogen) atoms. The van der Waals surface area contributed by atoms with Gasteiger partial charge in [-0.2, -0.15) is 4.98 Å². The van der Waals surface area contributed by atoms with E-state index in [1.54, 1.807) is 19.4 Å². The number of ether oxygens (including phenoxy) is 1. The zero-order valence-electron chi connectivity index (χ0n) is 33.6. The fraction of sp³-hybridized carbons (Fsp3) is 0.452. The number of carbonyl (C=O) groups excluding carboxylic acids is 4. The Hall–Kier alpha value is -5.68. The quantitative estimate of drug-likeness (QED) is 0.162. The van der Waals surface area contributed by atoms with Gasteiger partial charge in [-0.25, -0.2) is 18.4 Å². The molecule has 4 aliphatic heterocycles. The maximum atomic E-state index is 13.4. The minimum absolute atomic E-state index is 0.0235. The topological polar surface area (TPSA) is 196 Å². The molecule has 1 unspecified atom stereocenters. The number of nitrogens with zero attached hydrogens (tertiary/aromatic N) is 6. The number of pyridine rings is 1. The number of imide groups is 2. The monoisotopic (exact) mass is 823 g/mol. The predicted molar refractivity (Wildman–Crippen MR) is 224 cm³/mol. The lowest BCUT2D eigenvalue weighted by atomic mass is 9.88. The number of nitrogens with one attached hydrogen (secondary N) is 3. The van der Waals surface area contributed by atoms with Crippen molar-refractivity contribution in [3.8, 4) is 0 Å². The Labute approximate surface area is 343 Å². The zero-order valence-corrected chi connectivity index (χ0v) is 34.4. The van der Waals surface area contributed by atoms with Gasteiger partial charge in [-0.3, -0.25) is 29.4 Å². The van der Waals surface area contributed by atoms with Crippen LogP contribution in [-0.4, -0.2) is 115 Å². The third kappa shape index (κ3) is 8.05. The van der Waals surface area contributed by atoms with E-state index in [2.05, 4.69) is 69.7 Å². The maximum Gasteiger partial charge on any atom is 0.262 e. The van der Waals surface area contributed by atoms with Gasteiger partial charge in [0.15, 0.2) is 9.84 Å². The average molecular weight is 824 g/mol. The van der Waals surface area contributed by atoms with Crippen molar-refractivity contribution in [2.24, 2.45) is 5.92 Å². The lowest BCUT2D eigenvalue weighted by Gasteiger charge is -2.48. The molecule has 6 heterocycles. The molecule has 0 aliphatic carbocycles. The standard InChI is InChI=1S/C42H49N9O7S/c1-24(2)29-7-8-34(33-21-45-37(20-31(29)33)46-36-11-14-44-42(47-36)49-16-12-28(58-4)13-17-49)50-22-26(25(50)3)23-59(56,57)18-15-43-27-5-6-30-32(19-27)41(55)51(40(30)54)35-9-10-38(52)48-39(35)53/h5-8,11,14,19-21,24-26,28,35,43H,9-10,12-13,15-18,22-23H2,1-4H3,(H,48,52,53)(H,44,45,46,47)/t25-,26-,35?/m1/s1. The zero-order chi connectivity index (χ0) is 41.6. The minimum atomic E-state index is -3.46. The van der Waals surface area contributed by atoms with E-state index in [4.69, 9.17) is 14.7 Å². The van der Waals surface area contributed by atoms with Crippen LogP contribution in [0.4, 0.5) is 29.0 Å². The van der Waals surface area contributed by atoms with E-state index in [0.717, 1.165) is 47.3 Å². The van der Waals surface area contributed by atoms with Crippen molar-refractivity contribution >= 4 is 73.2 Å². The summed E-state index contributed by atoms with van der Waals surface area (Å²) in [5, 5.41) is 10.7. The van der Waals surface area contributed by atoms with Crippen molar-refractivity contribution in [1.29, 1.82) is 0 Å². The number of hydrogen-bond acceptors (Lipinski definition) is 14. The summed E-state index contributed by atoms with van der Waals surface area (Å²) in [5.74, 6) is -0.227. The number of benzene rings is 2. The number of rotatable bonds is 13. The first-order chi connectivity index (χ1) is 28.3. The summed E-state index contributed by atoms with van der Waals surface area (Å²) < 4.78 is 32.2. The van der Waals surface area contributed by atoms with E-state index >= 15 is 0 Å². The molecule has 310 valence electrons. The van der Waals surface area contributed by atoms with Crippen LogP contribution in [0, 0.1) is 5.92 Å². The van der Waals surface area contributed by atoms with Gasteiger partial charge < -0.3 is 25.2 Å². The lowest BCUT2D eigenvalue weighted by molar-refractivity contribution is -0.136. The molecule has 16 nitrogen and oxygen atoms in total. The van der Waals surface area contributed by atoms with Gasteiger partial charge in [0.25, 0.3) is 11.8 Å². The number of methoxy groups -OCH3 is 1. The number of sulfone groups is 1. The van der Waals surface area contributed by atoms with Crippen molar-refractivity contribution in [2.75, 3.05) is 65.2 Å². The number of fused-ring (bicyclic) bond motifs is 2. The van der Waals surface area contributed by atoms with Gasteiger partial charge in [0.1, 0.15) is 17.7 Å². The van der Waals surface area contributed by atoms with Crippen LogP contribution >= 0.6 is 0 Å². The summed E-state index contributed by atoms with van der Waals surface area (Å²) in [6, 6.07) is 11.7. The number of hydrogen-bond donors (Lipinski definition) is 3. The van der Waals surface area contributed by atoms with Crippen molar-refractivity contribution < 1.29 is 32.3 Å². The van der Waals surface area contributed by atoms with Crippen LogP contribution in [0.25, 0.3) is 10.8 Å². The molecule has 4 aliphatic rings. The van der Waals surface area contributed by atoms with E-state index in [0.29, 0.717) is 29.8 Å². The molecule has 0 radical (unpaired) electrons. The predicted octanol–water partition coefficient (Wildman–Crippen LogP) is 4.26. The molecular formula is C42H49N9O7S. The van der Waals surface area contributed by atoms with Gasteiger partial charge in [-0.15, -0.1) is 0 Å². The van der Waals surface area contributed by atoms with Gasteiger partial charge >= 0.3 is 0 Å². The molecule has 0 bridgehead atoms. The molecule has 4 amide bonds. The largest absolute Gasteiger partial charge is 0.384 e. The highest BCUT2D eigenvalue weighted by molar-refractivity contribution is 7.91. The first-order valence-corrected chi connectivity index (χ1v) is 22.0. The number of anilines is 5. The summed E-state index contributed by atoms with van der Waals surface area (Å²) in [4.78, 5) is 69.6. The Balaban J connectivity index is 0.888. The summed E-state index contributed by atoms with van der Waals surface area (Å²) >= 11 is 0. The highest BCUT2D eigenvalue weighted by Crippen LogP contribution is 2.40. The smallest absolute Gasteiger partial charge is 0.262 e. The molecule has 0 spiro atoms. The molecule has 2 aromatic heterocycles. The molecule has 4 aromatic rings. The molecule has 0 saturated carbocycles. The third-order valence-electron chi connectivity index (χ3n) is 12.1. The molecule has 17 heteroatoms. The number of piperidine rings is 2. The van der Waals surface area contributed by atoms with Crippen LogP contribution in [0.2, 0.25) is 0 Å². The SMILES string of the molecule is COC1CCN(c2nccc(Nc3cc4c(C(C)C)ccc(N5C[C@H](CS(=O)(=O)CCNc6ccc7c(c6)C(=O)N(C6CCC(=O)NC6=O)C7=O)[C@H]5C)c4cn3)n2)CC1. The fourth-order valence-electron chi connectivity index (χ4n) is 8.60. The summed E-state index contributed by atoms with van der Waals surface area (Å²) in [6.07, 6.45) is 5.86. The van der Waals surface area contributed by atoms with E-state index in [1.165, 1.54) is 17.7 Å². The normalized spacial score (nSPS) is 21.2. The Bertz CT molecular complexity index is 2440. The number of amides is 4. The van der Waals surface area contributed by atoms with Crippen LogP contribution in [0.15, 0.2) is 54.9 Å². The second-order valence-corrected chi connectivity index (χ2v) is 18.4. The van der Waals surface area contributed by atoms with Crippen LogP contribution in [-0.2, 0) is 24.2 Å². The summed E-state index contributed by atoms with van der Waals surface area (Å²) in [7, 11) is -1.70. The van der Waals surface area contributed by atoms with Crippen molar-refractivity contribution in [1.82, 2.24) is 25.2 Å². The number of carbonyl (C=O) groups is 4. The van der Waals surface area contributed by atoms with Crippen molar-refractivity contribution in [3.05, 3.63) is 71.5 Å². The van der Waals surface area contributed by atoms with Gasteiger partial charge in [0.05, 0.1) is 28.7 Å². The molecular weight excluding hydrogens is 775 g/mol. The summed E-state index contributed by atoms with van der Waals surface area (Å²) in [5.41, 5.74) is 2.96. The van der Waals surface area contributed by atoms with E-state index in [1.807, 2.05) is 12.3 Å². The maximum absolute atomic E-state index is 13.4. The minimum Gasteiger partial charge on any atom is -0.384 e. The van der Waals surface area contributed by atoms with Gasteiger partial charge in [0.2, 0.25) is 17.8 Å². The van der Waals surface area contributed by atoms with Crippen molar-refractivity contribution in [2.45, 2.75) is 70.6 Å². The van der Waals surface area contributed by atoms with Crippen molar-refractivity contribution in [3.63, 3.8) is 0 Å². The van der Waals surface area contributed by atoms with Gasteiger partial charge in [0, 0.05) is 80.8 Å². The third-order valence-corrected chi connectivity index (χ3v) is 13.8. The molecule has 3 N–H and O–H groups in total. The first-order valence-electron chi connectivity index (χ1n) is 20.2. The van der Waals surface area contributed by atoms with Crippen LogP contribution in [0.5, 0.6) is 0 Å². The van der Waals surface area contributed by atoms with Crippen LogP contribution < -0.4 is 25.8 Å². The Morgan fingerprint density at radius 3 is 2.44 bits per heavy atom. The molecule has 8 rings (SSSR count). The van der Waals surface area contributed by atoms with E-state index < -0.39 is 39.5 Å². The van der Waals surface area contributed by atoms with Crippen LogP contribution in [0.1, 0.15) is 78.7 Å². The molecule has 3 saturated heterocycles. The van der Waals surface area contributed by atoms with Crippen LogP contribution in [0.3, 0.4) is 0 Å². The van der Waals surface area contributed by atoms with Gasteiger partial charge in [-0.1, -0.05) is 19.9 Å². The van der Waals surface area contributed by atoms with Gasteiger partial charge in [-0.05, 0) is 79.5 Å². The number of aromatic nitrogens is 3. The molecule has 3 atom stereocenters. The fourth-order valence-corrected chi connectivity index (χ4v) is 10.2. The Morgan fingerprint density at radius 2 is 1.71 bits per heavy atom. The highest BCUT2D eigenvalue weighted by Gasteiger charge is 2.45. The second-order valence-electron chi connectivity index (χ2n) is 16.1. The second kappa shape index (κ2) is 16.2. The summed E-state index contributed by atoms with van der Waals surface area (Å²) in [6.45, 7) is 8.73.